The van der Waals surface area contributed by atoms with Crippen LogP contribution in [0.5, 0.6) is 0 Å². The monoisotopic (exact) mass is 360 g/mol. The molecule has 1 aromatic rings. The molecule has 0 bridgehead atoms. The summed E-state index contributed by atoms with van der Waals surface area (Å²) in [7, 11) is 5.44. The van der Waals surface area contributed by atoms with Gasteiger partial charge in [0, 0.05) is 38.9 Å². The van der Waals surface area contributed by atoms with E-state index in [1.807, 2.05) is 43.3 Å². The van der Waals surface area contributed by atoms with Gasteiger partial charge in [-0.05, 0) is 17.7 Å². The molecule has 2 rings (SSSR count). The van der Waals surface area contributed by atoms with Crippen molar-refractivity contribution < 1.29 is 19.4 Å². The Morgan fingerprint density at radius 3 is 2.27 bits per heavy atom. The summed E-state index contributed by atoms with van der Waals surface area (Å²) in [5.74, 6) is -1.22. The molecule has 0 saturated carbocycles. The van der Waals surface area contributed by atoms with Crippen LogP contribution in [-0.2, 0) is 14.3 Å². The Labute approximate surface area is 155 Å². The van der Waals surface area contributed by atoms with Crippen LogP contribution in [0.15, 0.2) is 35.6 Å². The summed E-state index contributed by atoms with van der Waals surface area (Å²) in [6, 6.07) is 7.04. The van der Waals surface area contributed by atoms with Crippen LogP contribution in [0.2, 0.25) is 0 Å². The third-order valence-corrected chi connectivity index (χ3v) is 4.49. The Morgan fingerprint density at radius 1 is 1.23 bits per heavy atom. The van der Waals surface area contributed by atoms with Crippen molar-refractivity contribution in [3.63, 3.8) is 0 Å². The molecule has 0 saturated heterocycles. The van der Waals surface area contributed by atoms with Gasteiger partial charge in [-0.3, -0.25) is 9.59 Å². The number of methoxy groups -OCH3 is 1. The van der Waals surface area contributed by atoms with E-state index in [-0.39, 0.29) is 11.4 Å². The maximum Gasteiger partial charge on any atom is 0.290 e. The van der Waals surface area contributed by atoms with E-state index in [2.05, 4.69) is 0 Å². The van der Waals surface area contributed by atoms with Crippen LogP contribution in [0.1, 0.15) is 32.4 Å². The predicted molar refractivity (Wildman–Crippen MR) is 101 cm³/mol. The topological polar surface area (TPSA) is 70.1 Å². The average Bonchev–Trinajstić information content (AvgIpc) is 2.82. The lowest BCUT2D eigenvalue weighted by Gasteiger charge is -2.29. The molecule has 1 heterocycles. The SMILES string of the molecule is COCCN1C(=O)C(O)=C(C(=O)C(C)(C)C)C1c1ccc(N(C)C)cc1. The van der Waals surface area contributed by atoms with Crippen molar-refractivity contribution in [3.8, 4) is 0 Å². The fraction of sp³-hybridized carbons (Fsp3) is 0.500. The summed E-state index contributed by atoms with van der Waals surface area (Å²) in [4.78, 5) is 29.1. The first-order valence-electron chi connectivity index (χ1n) is 8.64. The largest absolute Gasteiger partial charge is 0.503 e. The van der Waals surface area contributed by atoms with Gasteiger partial charge in [0.2, 0.25) is 0 Å². The van der Waals surface area contributed by atoms with Gasteiger partial charge in [0.25, 0.3) is 5.91 Å². The van der Waals surface area contributed by atoms with Gasteiger partial charge in [-0.25, -0.2) is 0 Å². The van der Waals surface area contributed by atoms with Gasteiger partial charge in [0.1, 0.15) is 0 Å². The average molecular weight is 360 g/mol. The maximum atomic E-state index is 13.0. The number of Topliss-reactive ketones (excluding diaryl/α,β-unsaturated/α-hetero) is 1. The van der Waals surface area contributed by atoms with Crippen molar-refractivity contribution in [1.82, 2.24) is 4.90 Å². The van der Waals surface area contributed by atoms with Crippen LogP contribution in [0, 0.1) is 5.41 Å². The van der Waals surface area contributed by atoms with Crippen molar-refractivity contribution in [2.24, 2.45) is 5.41 Å². The molecule has 1 aliphatic rings. The smallest absolute Gasteiger partial charge is 0.290 e. The quantitative estimate of drug-likeness (QED) is 0.845. The number of rotatable bonds is 6. The summed E-state index contributed by atoms with van der Waals surface area (Å²) in [5.41, 5.74) is 1.26. The molecule has 6 nitrogen and oxygen atoms in total. The molecule has 1 aromatic carbocycles. The number of ether oxygens (including phenoxy) is 1. The van der Waals surface area contributed by atoms with Gasteiger partial charge in [0.15, 0.2) is 11.5 Å². The molecule has 1 aliphatic heterocycles. The van der Waals surface area contributed by atoms with E-state index in [4.69, 9.17) is 4.74 Å². The van der Waals surface area contributed by atoms with Crippen molar-refractivity contribution in [2.75, 3.05) is 39.3 Å². The fourth-order valence-corrected chi connectivity index (χ4v) is 3.01. The third-order valence-electron chi connectivity index (χ3n) is 4.49. The molecule has 1 atom stereocenters. The Morgan fingerprint density at radius 2 is 1.81 bits per heavy atom. The molecule has 0 aromatic heterocycles. The fourth-order valence-electron chi connectivity index (χ4n) is 3.01. The van der Waals surface area contributed by atoms with E-state index >= 15 is 0 Å². The predicted octanol–water partition coefficient (Wildman–Crippen LogP) is 2.71. The standard InChI is InChI=1S/C20H28N2O4/c1-20(2,3)18(24)15-16(13-7-9-14(10-8-13)21(4)5)22(11-12-26-6)19(25)17(15)23/h7-10,16,23H,11-12H2,1-6H3. The highest BCUT2D eigenvalue weighted by atomic mass is 16.5. The number of nitrogens with zero attached hydrogens (tertiary/aromatic N) is 2. The molecular formula is C20H28N2O4. The second-order valence-electron chi connectivity index (χ2n) is 7.72. The van der Waals surface area contributed by atoms with E-state index in [1.165, 1.54) is 4.90 Å². The molecule has 0 aliphatic carbocycles. The maximum absolute atomic E-state index is 13.0. The first kappa shape index (κ1) is 20.0. The van der Waals surface area contributed by atoms with Crippen LogP contribution in [0.3, 0.4) is 0 Å². The van der Waals surface area contributed by atoms with Crippen LogP contribution in [0.4, 0.5) is 5.69 Å². The number of ketones is 1. The van der Waals surface area contributed by atoms with Gasteiger partial charge in [0.05, 0.1) is 18.2 Å². The Hall–Kier alpha value is -2.34. The first-order valence-corrected chi connectivity index (χ1v) is 8.64. The number of anilines is 1. The van der Waals surface area contributed by atoms with Crippen molar-refractivity contribution in [2.45, 2.75) is 26.8 Å². The van der Waals surface area contributed by atoms with Crippen molar-refractivity contribution in [3.05, 3.63) is 41.2 Å². The lowest BCUT2D eigenvalue weighted by Crippen LogP contribution is -2.35. The number of hydrogen-bond acceptors (Lipinski definition) is 5. The Kier molecular flexibility index (Phi) is 5.76. The highest BCUT2D eigenvalue weighted by molar-refractivity contribution is 6.10. The number of benzene rings is 1. The van der Waals surface area contributed by atoms with Crippen LogP contribution >= 0.6 is 0 Å². The molecule has 1 unspecified atom stereocenters. The van der Waals surface area contributed by atoms with Gasteiger partial charge < -0.3 is 19.6 Å². The minimum Gasteiger partial charge on any atom is -0.503 e. The molecule has 26 heavy (non-hydrogen) atoms. The van der Waals surface area contributed by atoms with Crippen LogP contribution < -0.4 is 4.90 Å². The number of carbonyl (C=O) groups excluding carboxylic acids is 2. The molecule has 142 valence electrons. The van der Waals surface area contributed by atoms with Gasteiger partial charge in [-0.15, -0.1) is 0 Å². The van der Waals surface area contributed by atoms with Crippen molar-refractivity contribution in [1.29, 1.82) is 0 Å². The Bertz CT molecular complexity index is 714. The van der Waals surface area contributed by atoms with E-state index < -0.39 is 23.1 Å². The first-order chi connectivity index (χ1) is 12.1. The summed E-state index contributed by atoms with van der Waals surface area (Å²) in [6.45, 7) is 5.96. The normalized spacial score (nSPS) is 17.8. The highest BCUT2D eigenvalue weighted by Crippen LogP contribution is 2.41. The van der Waals surface area contributed by atoms with Crippen molar-refractivity contribution >= 4 is 17.4 Å². The number of hydrogen-bond donors (Lipinski definition) is 1. The second-order valence-corrected chi connectivity index (χ2v) is 7.72. The molecule has 1 N–H and O–H groups in total. The zero-order valence-corrected chi connectivity index (χ0v) is 16.4. The van der Waals surface area contributed by atoms with Gasteiger partial charge in [-0.2, -0.15) is 0 Å². The number of aliphatic hydroxyl groups is 1. The molecule has 0 fully saturated rings. The summed E-state index contributed by atoms with van der Waals surface area (Å²) >= 11 is 0. The van der Waals surface area contributed by atoms with E-state index in [1.54, 1.807) is 27.9 Å². The Balaban J connectivity index is 2.52. The third kappa shape index (κ3) is 3.75. The minimum absolute atomic E-state index is 0.163. The van der Waals surface area contributed by atoms with Crippen LogP contribution in [0.25, 0.3) is 0 Å². The number of amides is 1. The highest BCUT2D eigenvalue weighted by Gasteiger charge is 2.45. The minimum atomic E-state index is -0.706. The zero-order valence-electron chi connectivity index (χ0n) is 16.4. The zero-order chi connectivity index (χ0) is 19.6. The summed E-state index contributed by atoms with van der Waals surface area (Å²) in [6.07, 6.45) is 0. The number of aliphatic hydroxyl groups excluding tert-OH is 1. The lowest BCUT2D eigenvalue weighted by molar-refractivity contribution is -0.130. The van der Waals surface area contributed by atoms with E-state index in [0.717, 1.165) is 11.3 Å². The molecule has 6 heteroatoms. The number of carbonyl (C=O) groups is 2. The summed E-state index contributed by atoms with van der Waals surface area (Å²) < 4.78 is 5.10. The van der Waals surface area contributed by atoms with E-state index in [9.17, 15) is 14.7 Å². The second kappa shape index (κ2) is 7.50. The molecule has 1 amide bonds. The molecular weight excluding hydrogens is 332 g/mol. The van der Waals surface area contributed by atoms with E-state index in [0.29, 0.717) is 13.2 Å². The summed E-state index contributed by atoms with van der Waals surface area (Å²) in [5, 5.41) is 10.5. The molecule has 0 radical (unpaired) electrons. The molecule has 0 spiro atoms. The van der Waals surface area contributed by atoms with Gasteiger partial charge >= 0.3 is 0 Å². The lowest BCUT2D eigenvalue weighted by atomic mass is 9.82. The van der Waals surface area contributed by atoms with Crippen LogP contribution in [-0.4, -0.2) is 56.1 Å². The van der Waals surface area contributed by atoms with Gasteiger partial charge in [-0.1, -0.05) is 32.9 Å².